The van der Waals surface area contributed by atoms with Gasteiger partial charge in [-0.05, 0) is 38.0 Å². The molecule has 0 spiro atoms. The van der Waals surface area contributed by atoms with Gasteiger partial charge in [-0.25, -0.2) is 4.68 Å². The highest BCUT2D eigenvalue weighted by molar-refractivity contribution is 6.05. The lowest BCUT2D eigenvalue weighted by Crippen LogP contribution is -2.52. The fourth-order valence-electron chi connectivity index (χ4n) is 3.37. The molecule has 0 radical (unpaired) electrons. The van der Waals surface area contributed by atoms with Crippen molar-refractivity contribution in [3.8, 4) is 5.69 Å². The number of imide groups is 1. The van der Waals surface area contributed by atoms with E-state index in [9.17, 15) is 14.4 Å². The molecule has 2 aliphatic heterocycles. The predicted octanol–water partition coefficient (Wildman–Crippen LogP) is 0.222. The molecule has 9 heteroatoms. The van der Waals surface area contributed by atoms with Crippen LogP contribution in [0.4, 0.5) is 0 Å². The number of nitrogens with zero attached hydrogens (tertiary/aromatic N) is 4. The lowest BCUT2D eigenvalue weighted by Gasteiger charge is -2.29. The highest BCUT2D eigenvalue weighted by atomic mass is 16.2. The van der Waals surface area contributed by atoms with E-state index in [0.717, 1.165) is 5.56 Å². The van der Waals surface area contributed by atoms with Crippen LogP contribution in [0.3, 0.4) is 0 Å². The Balaban J connectivity index is 1.61. The second-order valence-corrected chi connectivity index (χ2v) is 7.51. The molecule has 1 aromatic heterocycles. The van der Waals surface area contributed by atoms with Gasteiger partial charge in [-0.15, -0.1) is 5.10 Å². The van der Waals surface area contributed by atoms with E-state index in [1.807, 2.05) is 26.0 Å². The summed E-state index contributed by atoms with van der Waals surface area (Å²) < 4.78 is 1.58. The molecule has 140 valence electrons. The Hall–Kier alpha value is -3.07. The number of hydrogen-bond donors (Lipinski definition) is 2. The molecule has 2 aromatic rings. The van der Waals surface area contributed by atoms with Gasteiger partial charge in [-0.3, -0.25) is 19.7 Å². The first kappa shape index (κ1) is 17.3. The van der Waals surface area contributed by atoms with Gasteiger partial charge in [-0.2, -0.15) is 0 Å². The number of fused-ring (bicyclic) bond motifs is 1. The van der Waals surface area contributed by atoms with Crippen molar-refractivity contribution in [1.29, 1.82) is 0 Å². The van der Waals surface area contributed by atoms with Crippen LogP contribution in [0.2, 0.25) is 0 Å². The van der Waals surface area contributed by atoms with Crippen molar-refractivity contribution in [2.45, 2.75) is 44.8 Å². The van der Waals surface area contributed by atoms with Crippen LogP contribution in [-0.4, -0.2) is 43.7 Å². The quantitative estimate of drug-likeness (QED) is 0.747. The minimum absolute atomic E-state index is 0.221. The summed E-state index contributed by atoms with van der Waals surface area (Å²) in [6, 6.07) is 4.82. The number of amides is 3. The lowest BCUT2D eigenvalue weighted by molar-refractivity contribution is -0.136. The van der Waals surface area contributed by atoms with E-state index < -0.39 is 17.5 Å². The molecule has 9 nitrogen and oxygen atoms in total. The number of nitrogens with one attached hydrogen (secondary N) is 1. The maximum atomic E-state index is 12.9. The third-order valence-electron chi connectivity index (χ3n) is 4.93. The highest BCUT2D eigenvalue weighted by Gasteiger charge is 2.39. The lowest BCUT2D eigenvalue weighted by atomic mass is 10.0. The summed E-state index contributed by atoms with van der Waals surface area (Å²) in [6.07, 6.45) is 2.31. The van der Waals surface area contributed by atoms with E-state index in [4.69, 9.17) is 5.73 Å². The standard InChI is InChI=1S/C18H20N6O3/c1-18(2,19)14-9-24(22-21-14)11-4-3-10-8-23(17(27)12(10)7-11)13-5-6-15(25)20-16(13)26/h3-4,7,9,13H,5-6,8,19H2,1-2H3,(H,20,25,26). The number of carbonyl (C=O) groups excluding carboxylic acids is 3. The molecule has 27 heavy (non-hydrogen) atoms. The third kappa shape index (κ3) is 2.99. The average Bonchev–Trinajstić information content (AvgIpc) is 3.20. The molecule has 0 bridgehead atoms. The highest BCUT2D eigenvalue weighted by Crippen LogP contribution is 2.29. The first-order valence-corrected chi connectivity index (χ1v) is 8.74. The van der Waals surface area contributed by atoms with E-state index in [0.29, 0.717) is 29.9 Å². The van der Waals surface area contributed by atoms with Crippen LogP contribution < -0.4 is 11.1 Å². The van der Waals surface area contributed by atoms with Gasteiger partial charge in [0, 0.05) is 18.5 Å². The molecular formula is C18H20N6O3. The first-order valence-electron chi connectivity index (χ1n) is 8.74. The molecular weight excluding hydrogens is 348 g/mol. The molecule has 1 unspecified atom stereocenters. The van der Waals surface area contributed by atoms with Crippen LogP contribution in [0.5, 0.6) is 0 Å². The predicted molar refractivity (Wildman–Crippen MR) is 94.6 cm³/mol. The van der Waals surface area contributed by atoms with E-state index >= 15 is 0 Å². The Morgan fingerprint density at radius 3 is 2.70 bits per heavy atom. The van der Waals surface area contributed by atoms with Crippen LogP contribution >= 0.6 is 0 Å². The molecule has 4 rings (SSSR count). The largest absolute Gasteiger partial charge is 0.322 e. The molecule has 3 amide bonds. The minimum atomic E-state index is -0.623. The zero-order valence-corrected chi connectivity index (χ0v) is 15.1. The molecule has 1 saturated heterocycles. The molecule has 2 aliphatic rings. The maximum absolute atomic E-state index is 12.9. The number of benzene rings is 1. The summed E-state index contributed by atoms with van der Waals surface area (Å²) in [4.78, 5) is 37.8. The Kier molecular flexibility index (Phi) is 3.84. The smallest absolute Gasteiger partial charge is 0.255 e. The number of rotatable bonds is 3. The zero-order chi connectivity index (χ0) is 19.3. The van der Waals surface area contributed by atoms with Gasteiger partial charge < -0.3 is 10.6 Å². The van der Waals surface area contributed by atoms with Crippen LogP contribution in [-0.2, 0) is 21.7 Å². The van der Waals surface area contributed by atoms with Crippen molar-refractivity contribution in [2.24, 2.45) is 5.73 Å². The summed E-state index contributed by atoms with van der Waals surface area (Å²) in [5, 5.41) is 10.5. The Morgan fingerprint density at radius 1 is 1.26 bits per heavy atom. The van der Waals surface area contributed by atoms with E-state index in [2.05, 4.69) is 15.6 Å². The summed E-state index contributed by atoms with van der Waals surface area (Å²) in [6.45, 7) is 4.02. The van der Waals surface area contributed by atoms with Crippen molar-refractivity contribution >= 4 is 17.7 Å². The first-order chi connectivity index (χ1) is 12.7. The van der Waals surface area contributed by atoms with E-state index in [1.165, 1.54) is 4.90 Å². The van der Waals surface area contributed by atoms with Crippen molar-refractivity contribution in [1.82, 2.24) is 25.2 Å². The monoisotopic (exact) mass is 368 g/mol. The Labute approximate surface area is 155 Å². The number of carbonyl (C=O) groups is 3. The fraction of sp³-hybridized carbons (Fsp3) is 0.389. The van der Waals surface area contributed by atoms with Crippen LogP contribution in [0.15, 0.2) is 24.4 Å². The third-order valence-corrected chi connectivity index (χ3v) is 4.93. The van der Waals surface area contributed by atoms with Gasteiger partial charge in [0.15, 0.2) is 0 Å². The van der Waals surface area contributed by atoms with Gasteiger partial charge >= 0.3 is 0 Å². The van der Waals surface area contributed by atoms with E-state index in [-0.39, 0.29) is 18.2 Å². The molecule has 1 aromatic carbocycles. The van der Waals surface area contributed by atoms with Crippen LogP contribution in [0.1, 0.15) is 48.3 Å². The molecule has 3 N–H and O–H groups in total. The van der Waals surface area contributed by atoms with Gasteiger partial charge in [0.2, 0.25) is 11.8 Å². The van der Waals surface area contributed by atoms with Crippen molar-refractivity contribution in [3.05, 3.63) is 41.2 Å². The number of aromatic nitrogens is 3. The fourth-order valence-corrected chi connectivity index (χ4v) is 3.37. The van der Waals surface area contributed by atoms with Crippen molar-refractivity contribution < 1.29 is 14.4 Å². The summed E-state index contributed by atoms with van der Waals surface area (Å²) >= 11 is 0. The SMILES string of the molecule is CC(C)(N)c1cn(-c2ccc3c(c2)C(=O)N(C2CCC(=O)NC2=O)C3)nn1. The zero-order valence-electron chi connectivity index (χ0n) is 15.1. The topological polar surface area (TPSA) is 123 Å². The molecule has 0 saturated carbocycles. The molecule has 0 aliphatic carbocycles. The van der Waals surface area contributed by atoms with Gasteiger partial charge in [0.1, 0.15) is 11.7 Å². The number of hydrogen-bond acceptors (Lipinski definition) is 6. The van der Waals surface area contributed by atoms with Crippen molar-refractivity contribution in [2.75, 3.05) is 0 Å². The van der Waals surface area contributed by atoms with E-state index in [1.54, 1.807) is 16.9 Å². The summed E-state index contributed by atoms with van der Waals surface area (Å²) in [5.41, 5.74) is 8.13. The van der Waals surface area contributed by atoms with Crippen LogP contribution in [0, 0.1) is 0 Å². The van der Waals surface area contributed by atoms with Gasteiger partial charge in [-0.1, -0.05) is 11.3 Å². The van der Waals surface area contributed by atoms with Crippen LogP contribution in [0.25, 0.3) is 5.69 Å². The molecule has 1 fully saturated rings. The summed E-state index contributed by atoms with van der Waals surface area (Å²) in [7, 11) is 0. The number of nitrogens with two attached hydrogens (primary N) is 1. The minimum Gasteiger partial charge on any atom is -0.322 e. The second kappa shape index (κ2) is 5.98. The molecule has 1 atom stereocenters. The molecule has 3 heterocycles. The average molecular weight is 368 g/mol. The normalized spacial score (nSPS) is 20.0. The number of piperidine rings is 1. The Bertz CT molecular complexity index is 958. The maximum Gasteiger partial charge on any atom is 0.255 e. The van der Waals surface area contributed by atoms with Gasteiger partial charge in [0.05, 0.1) is 17.4 Å². The Morgan fingerprint density at radius 2 is 2.04 bits per heavy atom. The van der Waals surface area contributed by atoms with Gasteiger partial charge in [0.25, 0.3) is 5.91 Å². The summed E-state index contributed by atoms with van der Waals surface area (Å²) in [5.74, 6) is -0.938. The van der Waals surface area contributed by atoms with Crippen molar-refractivity contribution in [3.63, 3.8) is 0 Å². The second-order valence-electron chi connectivity index (χ2n) is 7.51.